The molecular weight excluding hydrogens is 310 g/mol. The van der Waals surface area contributed by atoms with Gasteiger partial charge in [0.25, 0.3) is 0 Å². The Kier molecular flexibility index (Phi) is 5.07. The van der Waals surface area contributed by atoms with E-state index in [1.54, 1.807) is 7.11 Å². The molecule has 1 aromatic carbocycles. The van der Waals surface area contributed by atoms with Gasteiger partial charge in [0.1, 0.15) is 0 Å². The monoisotopic (exact) mass is 329 g/mol. The molecule has 5 heteroatoms. The van der Waals surface area contributed by atoms with Gasteiger partial charge >= 0.3 is 0 Å². The Morgan fingerprint density at radius 2 is 2.32 bits per heavy atom. The van der Waals surface area contributed by atoms with Crippen LogP contribution in [0.4, 0.5) is 0 Å². The molecular formula is C14H20BrNO3. The molecule has 0 aliphatic carbocycles. The van der Waals surface area contributed by atoms with E-state index < -0.39 is 0 Å². The highest BCUT2D eigenvalue weighted by Crippen LogP contribution is 2.35. The SMILES string of the molecule is CCC1COCCN1Cc1cc(Br)c(O)c(OC)c1. The lowest BCUT2D eigenvalue weighted by molar-refractivity contribution is -0.0127. The molecule has 0 saturated carbocycles. The number of halogens is 1. The first-order valence-corrected chi connectivity index (χ1v) is 7.32. The van der Waals surface area contributed by atoms with Gasteiger partial charge in [-0.05, 0) is 40.0 Å². The topological polar surface area (TPSA) is 41.9 Å². The number of phenols is 1. The molecule has 0 amide bonds. The number of aromatic hydroxyl groups is 1. The third-order valence-corrected chi connectivity index (χ3v) is 4.12. The summed E-state index contributed by atoms with van der Waals surface area (Å²) in [5.41, 5.74) is 1.13. The van der Waals surface area contributed by atoms with Crippen LogP contribution in [0.1, 0.15) is 18.9 Å². The van der Waals surface area contributed by atoms with E-state index >= 15 is 0 Å². The molecule has 19 heavy (non-hydrogen) atoms. The minimum Gasteiger partial charge on any atom is -0.503 e. The van der Waals surface area contributed by atoms with Crippen molar-refractivity contribution in [3.8, 4) is 11.5 Å². The summed E-state index contributed by atoms with van der Waals surface area (Å²) in [6.45, 7) is 5.55. The van der Waals surface area contributed by atoms with Crippen LogP contribution in [-0.2, 0) is 11.3 Å². The highest BCUT2D eigenvalue weighted by atomic mass is 79.9. The van der Waals surface area contributed by atoms with E-state index in [0.29, 0.717) is 16.3 Å². The van der Waals surface area contributed by atoms with Gasteiger partial charge in [-0.25, -0.2) is 0 Å². The Morgan fingerprint density at radius 1 is 1.53 bits per heavy atom. The maximum absolute atomic E-state index is 9.82. The zero-order valence-electron chi connectivity index (χ0n) is 11.4. The van der Waals surface area contributed by atoms with Crippen LogP contribution in [0.2, 0.25) is 0 Å². The maximum Gasteiger partial charge on any atom is 0.172 e. The van der Waals surface area contributed by atoms with Gasteiger partial charge in [-0.1, -0.05) is 6.92 Å². The smallest absolute Gasteiger partial charge is 0.172 e. The van der Waals surface area contributed by atoms with Crippen LogP contribution in [0.5, 0.6) is 11.5 Å². The van der Waals surface area contributed by atoms with Crippen molar-refractivity contribution in [3.63, 3.8) is 0 Å². The normalized spacial score (nSPS) is 20.5. The molecule has 1 N–H and O–H groups in total. The zero-order valence-corrected chi connectivity index (χ0v) is 12.9. The Bertz CT molecular complexity index is 439. The molecule has 1 aliphatic rings. The number of hydrogen-bond acceptors (Lipinski definition) is 4. The molecule has 0 radical (unpaired) electrons. The standard InChI is InChI=1S/C14H20BrNO3/c1-3-11-9-19-5-4-16(11)8-10-6-12(15)14(17)13(7-10)18-2/h6-7,11,17H,3-5,8-9H2,1-2H3. The quantitative estimate of drug-likeness (QED) is 0.922. The van der Waals surface area contributed by atoms with E-state index in [2.05, 4.69) is 27.8 Å². The summed E-state index contributed by atoms with van der Waals surface area (Å²) in [6.07, 6.45) is 1.08. The van der Waals surface area contributed by atoms with Gasteiger partial charge in [0.2, 0.25) is 0 Å². The van der Waals surface area contributed by atoms with Gasteiger partial charge in [0.15, 0.2) is 11.5 Å². The first kappa shape index (κ1) is 14.6. The number of morpholine rings is 1. The van der Waals surface area contributed by atoms with Crippen molar-refractivity contribution in [2.45, 2.75) is 25.9 Å². The summed E-state index contributed by atoms with van der Waals surface area (Å²) in [5.74, 6) is 0.658. The zero-order chi connectivity index (χ0) is 13.8. The number of methoxy groups -OCH3 is 1. The number of phenolic OH excluding ortho intramolecular Hbond substituents is 1. The number of ether oxygens (including phenoxy) is 2. The molecule has 1 heterocycles. The van der Waals surface area contributed by atoms with Crippen molar-refractivity contribution in [2.75, 3.05) is 26.9 Å². The second-order valence-electron chi connectivity index (χ2n) is 4.74. The lowest BCUT2D eigenvalue weighted by atomic mass is 10.1. The molecule has 1 unspecified atom stereocenters. The third kappa shape index (κ3) is 3.41. The van der Waals surface area contributed by atoms with Crippen LogP contribution in [-0.4, -0.2) is 42.9 Å². The average molecular weight is 330 g/mol. The van der Waals surface area contributed by atoms with Crippen molar-refractivity contribution >= 4 is 15.9 Å². The summed E-state index contributed by atoms with van der Waals surface area (Å²) in [7, 11) is 1.56. The summed E-state index contributed by atoms with van der Waals surface area (Å²) in [4.78, 5) is 2.42. The van der Waals surface area contributed by atoms with Crippen molar-refractivity contribution in [3.05, 3.63) is 22.2 Å². The van der Waals surface area contributed by atoms with E-state index in [1.165, 1.54) is 0 Å². The Morgan fingerprint density at radius 3 is 3.00 bits per heavy atom. The molecule has 1 aromatic rings. The number of rotatable bonds is 4. The van der Waals surface area contributed by atoms with Crippen LogP contribution in [0.3, 0.4) is 0 Å². The van der Waals surface area contributed by atoms with Gasteiger partial charge in [0.05, 0.1) is 24.8 Å². The molecule has 1 fully saturated rings. The lowest BCUT2D eigenvalue weighted by Gasteiger charge is -2.35. The molecule has 2 rings (SSSR count). The van der Waals surface area contributed by atoms with Gasteiger partial charge in [-0.3, -0.25) is 4.90 Å². The summed E-state index contributed by atoms with van der Waals surface area (Å²) >= 11 is 3.36. The van der Waals surface area contributed by atoms with Crippen molar-refractivity contribution in [1.82, 2.24) is 4.90 Å². The molecule has 1 saturated heterocycles. The molecule has 0 bridgehead atoms. The molecule has 4 nitrogen and oxygen atoms in total. The molecule has 1 aliphatic heterocycles. The lowest BCUT2D eigenvalue weighted by Crippen LogP contribution is -2.44. The van der Waals surface area contributed by atoms with E-state index in [9.17, 15) is 5.11 Å². The van der Waals surface area contributed by atoms with Crippen LogP contribution in [0, 0.1) is 0 Å². The molecule has 1 atom stereocenters. The van der Waals surface area contributed by atoms with Crippen LogP contribution >= 0.6 is 15.9 Å². The molecule has 0 aromatic heterocycles. The molecule has 0 spiro atoms. The highest BCUT2D eigenvalue weighted by Gasteiger charge is 2.22. The average Bonchev–Trinajstić information content (AvgIpc) is 2.43. The fourth-order valence-corrected chi connectivity index (χ4v) is 2.87. The van der Waals surface area contributed by atoms with Gasteiger partial charge in [-0.2, -0.15) is 0 Å². The first-order chi connectivity index (χ1) is 9.15. The summed E-state index contributed by atoms with van der Waals surface area (Å²) in [5, 5.41) is 9.82. The number of nitrogens with zero attached hydrogens (tertiary/aromatic N) is 1. The largest absolute Gasteiger partial charge is 0.503 e. The second-order valence-corrected chi connectivity index (χ2v) is 5.59. The molecule has 106 valence electrons. The maximum atomic E-state index is 9.82. The van der Waals surface area contributed by atoms with Crippen LogP contribution in [0.25, 0.3) is 0 Å². The summed E-state index contributed by atoms with van der Waals surface area (Å²) in [6, 6.07) is 4.30. The van der Waals surface area contributed by atoms with Crippen LogP contribution < -0.4 is 4.74 Å². The summed E-state index contributed by atoms with van der Waals surface area (Å²) < 4.78 is 11.4. The van der Waals surface area contributed by atoms with Gasteiger partial charge < -0.3 is 14.6 Å². The van der Waals surface area contributed by atoms with E-state index in [0.717, 1.165) is 38.3 Å². The Hall–Kier alpha value is -0.780. The van der Waals surface area contributed by atoms with E-state index in [-0.39, 0.29) is 5.75 Å². The predicted octanol–water partition coefficient (Wildman–Crippen LogP) is 2.77. The van der Waals surface area contributed by atoms with E-state index in [1.807, 2.05) is 12.1 Å². The fraction of sp³-hybridized carbons (Fsp3) is 0.571. The van der Waals surface area contributed by atoms with Crippen molar-refractivity contribution < 1.29 is 14.6 Å². The van der Waals surface area contributed by atoms with Gasteiger partial charge in [-0.15, -0.1) is 0 Å². The number of hydrogen-bond donors (Lipinski definition) is 1. The Labute approximate surface area is 122 Å². The second kappa shape index (κ2) is 6.59. The van der Waals surface area contributed by atoms with Crippen molar-refractivity contribution in [1.29, 1.82) is 0 Å². The fourth-order valence-electron chi connectivity index (χ4n) is 2.38. The minimum absolute atomic E-state index is 0.153. The predicted molar refractivity (Wildman–Crippen MR) is 77.7 cm³/mol. The van der Waals surface area contributed by atoms with Crippen LogP contribution in [0.15, 0.2) is 16.6 Å². The first-order valence-electron chi connectivity index (χ1n) is 6.52. The van der Waals surface area contributed by atoms with Gasteiger partial charge in [0, 0.05) is 19.1 Å². The van der Waals surface area contributed by atoms with E-state index in [4.69, 9.17) is 9.47 Å². The third-order valence-electron chi connectivity index (χ3n) is 3.51. The number of benzene rings is 1. The Balaban J connectivity index is 2.16. The minimum atomic E-state index is 0.153. The van der Waals surface area contributed by atoms with Crippen molar-refractivity contribution in [2.24, 2.45) is 0 Å². The highest BCUT2D eigenvalue weighted by molar-refractivity contribution is 9.10.